The number of nitrogens with zero attached hydrogens (tertiary/aromatic N) is 2. The maximum absolute atomic E-state index is 14.9. The van der Waals surface area contributed by atoms with Crippen molar-refractivity contribution in [2.45, 2.75) is 44.5 Å². The molecule has 0 radical (unpaired) electrons. The molecule has 2 aromatic rings. The number of fused-ring (bicyclic) bond motifs is 1. The van der Waals surface area contributed by atoms with Crippen molar-refractivity contribution in [3.63, 3.8) is 0 Å². The summed E-state index contributed by atoms with van der Waals surface area (Å²) < 4.78 is 85.8. The van der Waals surface area contributed by atoms with Crippen LogP contribution in [0.1, 0.15) is 43.5 Å². The zero-order valence-corrected chi connectivity index (χ0v) is 15.8. The summed E-state index contributed by atoms with van der Waals surface area (Å²) in [7, 11) is 0. The molecule has 2 N–H and O–H groups in total. The van der Waals surface area contributed by atoms with Crippen molar-refractivity contribution in [2.75, 3.05) is 5.32 Å². The van der Waals surface area contributed by atoms with E-state index in [4.69, 9.17) is 0 Å². The Kier molecular flexibility index (Phi) is 4.14. The van der Waals surface area contributed by atoms with E-state index in [1.807, 2.05) is 0 Å². The number of allylic oxidation sites excluding steroid dienone is 2. The van der Waals surface area contributed by atoms with Crippen LogP contribution >= 0.6 is 0 Å². The molecule has 160 valence electrons. The lowest BCUT2D eigenvalue weighted by Crippen LogP contribution is -2.53. The summed E-state index contributed by atoms with van der Waals surface area (Å²) in [4.78, 5) is 16.7. The average molecular weight is 430 g/mol. The number of anilines is 1. The van der Waals surface area contributed by atoms with E-state index in [2.05, 4.69) is 15.4 Å². The van der Waals surface area contributed by atoms with Crippen molar-refractivity contribution < 1.29 is 31.1 Å². The topological polar surface area (TPSA) is 70.7 Å². The third-order valence-electron chi connectivity index (χ3n) is 5.46. The van der Waals surface area contributed by atoms with Crippen LogP contribution in [0.4, 0.5) is 32.2 Å². The van der Waals surface area contributed by atoms with Crippen LogP contribution in [-0.4, -0.2) is 27.1 Å². The molecule has 30 heavy (non-hydrogen) atoms. The average Bonchev–Trinajstić information content (AvgIpc) is 3.02. The maximum Gasteiger partial charge on any atom is 0.433 e. The molecule has 0 amide bonds. The lowest BCUT2D eigenvalue weighted by molar-refractivity contribution is -0.175. The highest BCUT2D eigenvalue weighted by molar-refractivity contribution is 6.03. The number of carbonyl (C=O) groups excluding carboxylic acids is 1. The number of carbonyl (C=O) groups is 1. The van der Waals surface area contributed by atoms with Crippen LogP contribution in [0.15, 0.2) is 35.8 Å². The minimum atomic E-state index is -5.28. The molecule has 4 rings (SSSR count). The Morgan fingerprint density at radius 1 is 1.10 bits per heavy atom. The first-order valence-electron chi connectivity index (χ1n) is 8.96. The molecule has 0 saturated heterocycles. The summed E-state index contributed by atoms with van der Waals surface area (Å²) in [6, 6.07) is 2.22. The molecule has 0 fully saturated rings. The molecule has 3 heterocycles. The molecule has 2 aromatic heterocycles. The van der Waals surface area contributed by atoms with Gasteiger partial charge in [0.15, 0.2) is 17.0 Å². The molecule has 11 heteroatoms. The van der Waals surface area contributed by atoms with E-state index < -0.39 is 57.2 Å². The number of aromatic nitrogens is 3. The molecule has 0 saturated carbocycles. The van der Waals surface area contributed by atoms with E-state index in [0.29, 0.717) is 0 Å². The fourth-order valence-electron chi connectivity index (χ4n) is 4.45. The van der Waals surface area contributed by atoms with Gasteiger partial charge in [0.1, 0.15) is 5.69 Å². The van der Waals surface area contributed by atoms with Crippen molar-refractivity contribution in [1.29, 1.82) is 0 Å². The van der Waals surface area contributed by atoms with Crippen molar-refractivity contribution in [2.24, 2.45) is 5.41 Å². The molecule has 2 aliphatic rings. The Balaban J connectivity index is 2.18. The van der Waals surface area contributed by atoms with Gasteiger partial charge >= 0.3 is 12.4 Å². The highest BCUT2D eigenvalue weighted by Crippen LogP contribution is 2.60. The van der Waals surface area contributed by atoms with Gasteiger partial charge in [-0.15, -0.1) is 0 Å². The van der Waals surface area contributed by atoms with E-state index >= 15 is 0 Å². The van der Waals surface area contributed by atoms with Crippen LogP contribution in [0.3, 0.4) is 0 Å². The highest BCUT2D eigenvalue weighted by Gasteiger charge is 2.68. The quantitative estimate of drug-likeness (QED) is 0.642. The number of halogens is 6. The van der Waals surface area contributed by atoms with Crippen molar-refractivity contribution >= 4 is 11.6 Å². The smallest absolute Gasteiger partial charge is 0.342 e. The van der Waals surface area contributed by atoms with Gasteiger partial charge < -0.3 is 5.32 Å². The second kappa shape index (κ2) is 6.08. The molecule has 0 bridgehead atoms. The van der Waals surface area contributed by atoms with Crippen molar-refractivity contribution in [1.82, 2.24) is 15.2 Å². The van der Waals surface area contributed by atoms with E-state index in [9.17, 15) is 31.1 Å². The number of alkyl halides is 6. The number of ketones is 1. The van der Waals surface area contributed by atoms with Gasteiger partial charge in [0, 0.05) is 30.1 Å². The Morgan fingerprint density at radius 3 is 2.37 bits per heavy atom. The van der Waals surface area contributed by atoms with Gasteiger partial charge in [0.2, 0.25) is 0 Å². The Bertz CT molecular complexity index is 1050. The van der Waals surface area contributed by atoms with Crippen LogP contribution in [0.5, 0.6) is 0 Å². The third-order valence-corrected chi connectivity index (χ3v) is 5.46. The van der Waals surface area contributed by atoms with Gasteiger partial charge in [-0.2, -0.15) is 31.4 Å². The van der Waals surface area contributed by atoms with Crippen molar-refractivity contribution in [3.05, 3.63) is 52.6 Å². The van der Waals surface area contributed by atoms with Gasteiger partial charge in [-0.05, 0) is 23.5 Å². The summed E-state index contributed by atoms with van der Waals surface area (Å²) in [5.41, 5.74) is -8.24. The van der Waals surface area contributed by atoms with Gasteiger partial charge in [0.25, 0.3) is 0 Å². The molecule has 1 atom stereocenters. The highest BCUT2D eigenvalue weighted by atomic mass is 19.4. The predicted octanol–water partition coefficient (Wildman–Crippen LogP) is 4.74. The normalized spacial score (nSPS) is 23.7. The van der Waals surface area contributed by atoms with Crippen LogP contribution in [0, 0.1) is 5.41 Å². The number of nitrogens with one attached hydrogen (secondary N) is 2. The minimum Gasteiger partial charge on any atom is -0.342 e. The summed E-state index contributed by atoms with van der Waals surface area (Å²) in [5, 5.41) is 7.77. The monoisotopic (exact) mass is 430 g/mol. The van der Waals surface area contributed by atoms with Gasteiger partial charge in [0.05, 0.1) is 5.56 Å². The zero-order chi connectivity index (χ0) is 22.1. The number of aromatic amines is 1. The van der Waals surface area contributed by atoms with Gasteiger partial charge in [-0.3, -0.25) is 14.9 Å². The first-order chi connectivity index (χ1) is 13.8. The van der Waals surface area contributed by atoms with Crippen LogP contribution < -0.4 is 5.32 Å². The summed E-state index contributed by atoms with van der Waals surface area (Å²) in [6.07, 6.45) is -8.59. The second-order valence-corrected chi connectivity index (χ2v) is 8.23. The fraction of sp³-hybridized carbons (Fsp3) is 0.421. The molecule has 0 spiro atoms. The first kappa shape index (κ1) is 20.4. The molecular formula is C19H16F6N4O. The summed E-state index contributed by atoms with van der Waals surface area (Å²) in [6.45, 7) is 3.41. The lowest BCUT2D eigenvalue weighted by atomic mass is 9.60. The summed E-state index contributed by atoms with van der Waals surface area (Å²) in [5.74, 6) is -1.47. The van der Waals surface area contributed by atoms with E-state index in [1.165, 1.54) is 12.3 Å². The van der Waals surface area contributed by atoms with Crippen molar-refractivity contribution in [3.8, 4) is 0 Å². The Labute approximate surface area is 166 Å². The molecule has 1 unspecified atom stereocenters. The largest absolute Gasteiger partial charge is 0.433 e. The third kappa shape index (κ3) is 2.74. The molecular weight excluding hydrogens is 414 g/mol. The number of Topliss-reactive ketones (excluding diaryl/α,β-unsaturated/α-hetero) is 1. The molecule has 1 aliphatic heterocycles. The number of rotatable bonds is 1. The summed E-state index contributed by atoms with van der Waals surface area (Å²) >= 11 is 0. The standard InChI is InChI=1S/C19H16F6N4O/c1-16(2)6-10-12(11(30)7-16)17(19(23,24)25,9-4-3-5-26-8-9)13-14(18(20,21)22)28-29-15(13)27-10/h3-5,8H,6-7H2,1-2H3,(H2,27,28,29). The number of pyridine rings is 1. The number of H-pyrrole nitrogens is 1. The van der Waals surface area contributed by atoms with Gasteiger partial charge in [-0.25, -0.2) is 0 Å². The Morgan fingerprint density at radius 2 is 1.80 bits per heavy atom. The van der Waals surface area contributed by atoms with Gasteiger partial charge in [-0.1, -0.05) is 19.9 Å². The molecule has 5 nitrogen and oxygen atoms in total. The first-order valence-corrected chi connectivity index (χ1v) is 8.96. The minimum absolute atomic E-state index is 0.0415. The van der Waals surface area contributed by atoms with E-state index in [1.54, 1.807) is 18.9 Å². The van der Waals surface area contributed by atoms with E-state index in [-0.39, 0.29) is 18.5 Å². The SMILES string of the molecule is CC1(C)CC(=O)C2=C(C1)Nc1n[nH]c(C(F)(F)F)c1C2(c1cccnc1)C(F)(F)F. The molecule has 0 aromatic carbocycles. The maximum atomic E-state index is 14.9. The fourth-order valence-corrected chi connectivity index (χ4v) is 4.45. The van der Waals surface area contributed by atoms with Crippen LogP contribution in [-0.2, 0) is 16.4 Å². The number of hydrogen-bond donors (Lipinski definition) is 2. The zero-order valence-electron chi connectivity index (χ0n) is 15.8. The molecule has 1 aliphatic carbocycles. The van der Waals surface area contributed by atoms with E-state index in [0.717, 1.165) is 12.3 Å². The van der Waals surface area contributed by atoms with Crippen LogP contribution in [0.25, 0.3) is 0 Å². The predicted molar refractivity (Wildman–Crippen MR) is 93.3 cm³/mol. The lowest BCUT2D eigenvalue weighted by Gasteiger charge is -2.46. The second-order valence-electron chi connectivity index (χ2n) is 8.23. The Hall–Kier alpha value is -2.85. The number of hydrogen-bond acceptors (Lipinski definition) is 4. The van der Waals surface area contributed by atoms with Crippen LogP contribution in [0.2, 0.25) is 0 Å².